The minimum absolute atomic E-state index is 0.257. The standard InChI is InChI=1S/C16H16NO4P/c1-2-21-22(20)15-10-8-14(9-11-15)17(16(18)19)12-13-6-4-3-5-7-13/h3-11H,2,12H2,1H3/p+1. The monoisotopic (exact) mass is 318 g/mol. The molecule has 0 saturated carbocycles. The van der Waals surface area contributed by atoms with Gasteiger partial charge in [0, 0.05) is 5.69 Å². The van der Waals surface area contributed by atoms with E-state index in [-0.39, 0.29) is 6.54 Å². The molecule has 1 unspecified atom stereocenters. The quantitative estimate of drug-likeness (QED) is 0.823. The second-order valence-electron chi connectivity index (χ2n) is 4.55. The van der Waals surface area contributed by atoms with Crippen molar-refractivity contribution in [3.8, 4) is 0 Å². The summed E-state index contributed by atoms with van der Waals surface area (Å²) in [6.45, 7) is 2.40. The van der Waals surface area contributed by atoms with E-state index in [4.69, 9.17) is 4.52 Å². The van der Waals surface area contributed by atoms with Crippen molar-refractivity contribution in [3.63, 3.8) is 0 Å². The van der Waals surface area contributed by atoms with Gasteiger partial charge in [-0.3, -0.25) is 4.90 Å². The van der Waals surface area contributed by atoms with Gasteiger partial charge in [0.25, 0.3) is 0 Å². The van der Waals surface area contributed by atoms with E-state index >= 15 is 0 Å². The molecule has 2 aromatic carbocycles. The molecule has 22 heavy (non-hydrogen) atoms. The molecule has 114 valence electrons. The maximum Gasteiger partial charge on any atom is 0.548 e. The molecule has 1 amide bonds. The highest BCUT2D eigenvalue weighted by Crippen LogP contribution is 2.24. The van der Waals surface area contributed by atoms with E-state index in [1.54, 1.807) is 31.2 Å². The van der Waals surface area contributed by atoms with Gasteiger partial charge in [0.15, 0.2) is 0 Å². The van der Waals surface area contributed by atoms with Gasteiger partial charge in [0.2, 0.25) is 5.30 Å². The van der Waals surface area contributed by atoms with E-state index < -0.39 is 14.1 Å². The summed E-state index contributed by atoms with van der Waals surface area (Å²) in [5.41, 5.74) is 1.43. The fourth-order valence-corrected chi connectivity index (χ4v) is 2.76. The molecule has 6 heteroatoms. The summed E-state index contributed by atoms with van der Waals surface area (Å²) in [5, 5.41) is 9.94. The molecule has 0 aliphatic rings. The molecule has 2 aromatic rings. The normalized spacial score (nSPS) is 11.0. The first kappa shape index (κ1) is 16.1. The lowest BCUT2D eigenvalue weighted by molar-refractivity contribution is 0.201. The number of nitrogens with zero attached hydrogens (tertiary/aromatic N) is 1. The Hall–Kier alpha value is -2.23. The van der Waals surface area contributed by atoms with E-state index in [1.807, 2.05) is 30.3 Å². The molecular formula is C16H17NO4P+. The van der Waals surface area contributed by atoms with Crippen molar-refractivity contribution < 1.29 is 19.0 Å². The van der Waals surface area contributed by atoms with Crippen molar-refractivity contribution in [1.82, 2.24) is 0 Å². The molecular weight excluding hydrogens is 301 g/mol. The van der Waals surface area contributed by atoms with Gasteiger partial charge in [0.05, 0.1) is 6.54 Å². The summed E-state index contributed by atoms with van der Waals surface area (Å²) in [6.07, 6.45) is -1.04. The molecule has 0 aliphatic carbocycles. The van der Waals surface area contributed by atoms with Crippen molar-refractivity contribution in [2.24, 2.45) is 0 Å². The van der Waals surface area contributed by atoms with Crippen LogP contribution in [-0.4, -0.2) is 17.8 Å². The molecule has 0 heterocycles. The zero-order valence-corrected chi connectivity index (χ0v) is 13.1. The molecule has 0 bridgehead atoms. The van der Waals surface area contributed by atoms with Crippen molar-refractivity contribution in [2.75, 3.05) is 11.5 Å². The Kier molecular flexibility index (Phi) is 5.64. The summed E-state index contributed by atoms with van der Waals surface area (Å²) >= 11 is 0. The number of hydrogen-bond donors (Lipinski definition) is 1. The Bertz CT molecular complexity index is 643. The SMILES string of the molecule is CCO[P+](=O)c1ccc(N(Cc2ccccc2)C(=O)O)cc1. The van der Waals surface area contributed by atoms with E-state index in [2.05, 4.69) is 0 Å². The first-order valence-corrected chi connectivity index (χ1v) is 8.04. The molecule has 2 rings (SSSR count). The third-order valence-corrected chi connectivity index (χ3v) is 4.25. The number of amides is 1. The van der Waals surface area contributed by atoms with Gasteiger partial charge in [-0.05, 0) is 41.3 Å². The van der Waals surface area contributed by atoms with Crippen LogP contribution in [0.2, 0.25) is 0 Å². The van der Waals surface area contributed by atoms with E-state index in [0.29, 0.717) is 17.6 Å². The number of carbonyl (C=O) groups is 1. The van der Waals surface area contributed by atoms with E-state index in [9.17, 15) is 14.5 Å². The number of anilines is 1. The first-order chi connectivity index (χ1) is 10.6. The summed E-state index contributed by atoms with van der Waals surface area (Å²) in [4.78, 5) is 12.7. The fourth-order valence-electron chi connectivity index (χ4n) is 1.98. The number of carboxylic acid groups (broad SMARTS) is 1. The Labute approximate surface area is 130 Å². The van der Waals surface area contributed by atoms with Crippen LogP contribution in [0.4, 0.5) is 10.5 Å². The number of benzene rings is 2. The summed E-state index contributed by atoms with van der Waals surface area (Å²) < 4.78 is 16.8. The van der Waals surface area contributed by atoms with Crippen molar-refractivity contribution in [2.45, 2.75) is 13.5 Å². The van der Waals surface area contributed by atoms with Gasteiger partial charge in [-0.1, -0.05) is 30.3 Å². The highest BCUT2D eigenvalue weighted by atomic mass is 31.1. The maximum absolute atomic E-state index is 11.7. The lowest BCUT2D eigenvalue weighted by atomic mass is 10.2. The molecule has 0 aliphatic heterocycles. The lowest BCUT2D eigenvalue weighted by Crippen LogP contribution is -2.28. The second kappa shape index (κ2) is 7.69. The predicted molar refractivity (Wildman–Crippen MR) is 86.0 cm³/mol. The summed E-state index contributed by atoms with van der Waals surface area (Å²) in [7, 11) is -1.89. The summed E-state index contributed by atoms with van der Waals surface area (Å²) in [5.74, 6) is 0. The third kappa shape index (κ3) is 4.13. The van der Waals surface area contributed by atoms with Crippen LogP contribution in [0.5, 0.6) is 0 Å². The van der Waals surface area contributed by atoms with Crippen molar-refractivity contribution in [1.29, 1.82) is 0 Å². The fraction of sp³-hybridized carbons (Fsp3) is 0.188. The topological polar surface area (TPSA) is 66.8 Å². The smallest absolute Gasteiger partial charge is 0.465 e. The average molecular weight is 318 g/mol. The van der Waals surface area contributed by atoms with Crippen LogP contribution in [0, 0.1) is 0 Å². The second-order valence-corrected chi connectivity index (χ2v) is 5.83. The molecule has 1 N–H and O–H groups in total. The predicted octanol–water partition coefficient (Wildman–Crippen LogP) is 3.78. The molecule has 0 saturated heterocycles. The molecule has 0 fully saturated rings. The minimum Gasteiger partial charge on any atom is -0.465 e. The van der Waals surface area contributed by atoms with Crippen LogP contribution >= 0.6 is 8.03 Å². The van der Waals surface area contributed by atoms with Gasteiger partial charge < -0.3 is 5.11 Å². The van der Waals surface area contributed by atoms with Crippen LogP contribution in [0.3, 0.4) is 0 Å². The average Bonchev–Trinajstić information content (AvgIpc) is 2.54. The zero-order valence-electron chi connectivity index (χ0n) is 12.2. The zero-order chi connectivity index (χ0) is 15.9. The van der Waals surface area contributed by atoms with Crippen LogP contribution in [0.15, 0.2) is 54.6 Å². The van der Waals surface area contributed by atoms with Crippen LogP contribution in [0.25, 0.3) is 0 Å². The number of hydrogen-bond acceptors (Lipinski definition) is 3. The Morgan fingerprint density at radius 2 is 1.77 bits per heavy atom. The van der Waals surface area contributed by atoms with E-state index in [1.165, 1.54) is 4.90 Å². The van der Waals surface area contributed by atoms with Crippen molar-refractivity contribution >= 4 is 25.1 Å². The van der Waals surface area contributed by atoms with Crippen molar-refractivity contribution in [3.05, 3.63) is 60.2 Å². The molecule has 5 nitrogen and oxygen atoms in total. The third-order valence-electron chi connectivity index (χ3n) is 3.03. The van der Waals surface area contributed by atoms with Gasteiger partial charge in [-0.25, -0.2) is 4.79 Å². The Morgan fingerprint density at radius 3 is 2.32 bits per heavy atom. The van der Waals surface area contributed by atoms with Gasteiger partial charge >= 0.3 is 14.1 Å². The maximum atomic E-state index is 11.7. The van der Waals surface area contributed by atoms with Crippen LogP contribution < -0.4 is 10.2 Å². The summed E-state index contributed by atoms with van der Waals surface area (Å²) in [6, 6.07) is 15.9. The molecule has 0 aromatic heterocycles. The van der Waals surface area contributed by atoms with Gasteiger partial charge in [0.1, 0.15) is 6.61 Å². The van der Waals surface area contributed by atoms with Gasteiger partial charge in [-0.2, -0.15) is 0 Å². The van der Waals surface area contributed by atoms with Crippen LogP contribution in [-0.2, 0) is 15.6 Å². The Morgan fingerprint density at radius 1 is 1.14 bits per heavy atom. The molecule has 0 spiro atoms. The number of rotatable bonds is 6. The first-order valence-electron chi connectivity index (χ1n) is 6.86. The highest BCUT2D eigenvalue weighted by Gasteiger charge is 2.22. The van der Waals surface area contributed by atoms with E-state index in [0.717, 1.165) is 5.56 Å². The minimum atomic E-state index is -1.89. The largest absolute Gasteiger partial charge is 0.548 e. The Balaban J connectivity index is 2.19. The highest BCUT2D eigenvalue weighted by molar-refractivity contribution is 7.48. The lowest BCUT2D eigenvalue weighted by Gasteiger charge is -2.19. The van der Waals surface area contributed by atoms with Crippen LogP contribution in [0.1, 0.15) is 12.5 Å². The van der Waals surface area contributed by atoms with Gasteiger partial charge in [-0.15, -0.1) is 4.52 Å². The molecule has 0 radical (unpaired) electrons. The molecule has 1 atom stereocenters.